The minimum atomic E-state index is -0.254. The first-order chi connectivity index (χ1) is 9.51. The number of nitrogens with zero attached hydrogens (tertiary/aromatic N) is 1. The Morgan fingerprint density at radius 1 is 1.25 bits per heavy atom. The summed E-state index contributed by atoms with van der Waals surface area (Å²) >= 11 is 0. The quantitative estimate of drug-likeness (QED) is 0.840. The monoisotopic (exact) mass is 271 g/mol. The molecule has 0 atom stereocenters. The van der Waals surface area contributed by atoms with Crippen LogP contribution in [0.15, 0.2) is 30.5 Å². The van der Waals surface area contributed by atoms with Gasteiger partial charge >= 0.3 is 0 Å². The van der Waals surface area contributed by atoms with Crippen molar-refractivity contribution in [1.82, 2.24) is 10.3 Å². The molecule has 2 rings (SSSR count). The zero-order valence-corrected chi connectivity index (χ0v) is 11.7. The summed E-state index contributed by atoms with van der Waals surface area (Å²) in [5.74, 6) is 0.961. The van der Waals surface area contributed by atoms with Crippen LogP contribution in [0.2, 0.25) is 0 Å². The number of carbonyl (C=O) groups excluding carboxylic acids is 1. The molecule has 0 spiro atoms. The number of aromatic nitrogens is 1. The van der Waals surface area contributed by atoms with Crippen LogP contribution >= 0.6 is 0 Å². The Morgan fingerprint density at radius 3 is 2.70 bits per heavy atom. The predicted molar refractivity (Wildman–Crippen MR) is 78.0 cm³/mol. The number of amides is 1. The highest BCUT2D eigenvalue weighted by Gasteiger charge is 2.09. The van der Waals surface area contributed by atoms with Gasteiger partial charge in [-0.1, -0.05) is 6.07 Å². The number of nitrogen functional groups attached to an aromatic ring is 1. The van der Waals surface area contributed by atoms with Crippen LogP contribution in [0.5, 0.6) is 11.5 Å². The van der Waals surface area contributed by atoms with E-state index >= 15 is 0 Å². The molecular weight excluding hydrogens is 254 g/mol. The van der Waals surface area contributed by atoms with Crippen molar-refractivity contribution in [2.24, 2.45) is 0 Å². The summed E-state index contributed by atoms with van der Waals surface area (Å²) in [5.41, 5.74) is 8.86. The summed E-state index contributed by atoms with van der Waals surface area (Å²) in [4.78, 5) is 15.5. The second kappa shape index (κ2) is 5.61. The molecule has 1 amide bonds. The maximum Gasteiger partial charge on any atom is 0.269 e. The normalized spacial score (nSPS) is 10.2. The molecule has 5 nitrogen and oxygen atoms in total. The topological polar surface area (TPSA) is 77.2 Å². The fraction of sp³-hybridized carbons (Fsp3) is 0.200. The number of hydrogen-bond donors (Lipinski definition) is 2. The van der Waals surface area contributed by atoms with Crippen molar-refractivity contribution < 1.29 is 9.53 Å². The number of benzene rings is 1. The number of carbonyl (C=O) groups is 1. The highest BCUT2D eigenvalue weighted by molar-refractivity contribution is 5.92. The fourth-order valence-corrected chi connectivity index (χ4v) is 1.81. The molecule has 0 saturated carbocycles. The van der Waals surface area contributed by atoms with Crippen LogP contribution in [-0.4, -0.2) is 17.9 Å². The van der Waals surface area contributed by atoms with Crippen molar-refractivity contribution in [3.63, 3.8) is 0 Å². The number of hydrogen-bond acceptors (Lipinski definition) is 4. The maximum absolute atomic E-state index is 11.5. The van der Waals surface area contributed by atoms with Gasteiger partial charge in [0, 0.05) is 31.1 Å². The molecule has 0 bridgehead atoms. The third-order valence-corrected chi connectivity index (χ3v) is 2.98. The van der Waals surface area contributed by atoms with Crippen molar-refractivity contribution in [1.29, 1.82) is 0 Å². The smallest absolute Gasteiger partial charge is 0.269 e. The summed E-state index contributed by atoms with van der Waals surface area (Å²) in [7, 11) is 1.56. The lowest BCUT2D eigenvalue weighted by molar-refractivity contribution is 0.0958. The number of anilines is 1. The fourth-order valence-electron chi connectivity index (χ4n) is 1.81. The Balaban J connectivity index is 2.31. The molecule has 1 heterocycles. The molecule has 0 aliphatic carbocycles. The van der Waals surface area contributed by atoms with Gasteiger partial charge in [-0.2, -0.15) is 0 Å². The van der Waals surface area contributed by atoms with E-state index in [1.54, 1.807) is 25.2 Å². The van der Waals surface area contributed by atoms with Gasteiger partial charge in [0.15, 0.2) is 0 Å². The molecule has 0 aliphatic heterocycles. The van der Waals surface area contributed by atoms with Gasteiger partial charge in [0.2, 0.25) is 0 Å². The molecule has 0 aliphatic rings. The Kier molecular flexibility index (Phi) is 3.89. The predicted octanol–water partition coefficient (Wildman–Crippen LogP) is 2.43. The molecule has 2 aromatic rings. The van der Waals surface area contributed by atoms with Crippen molar-refractivity contribution >= 4 is 11.6 Å². The lowest BCUT2D eigenvalue weighted by Crippen LogP contribution is -2.18. The number of nitrogens with two attached hydrogens (primary N) is 1. The van der Waals surface area contributed by atoms with Gasteiger partial charge in [-0.25, -0.2) is 0 Å². The van der Waals surface area contributed by atoms with Gasteiger partial charge in [-0.15, -0.1) is 0 Å². The highest BCUT2D eigenvalue weighted by atomic mass is 16.5. The van der Waals surface area contributed by atoms with E-state index in [1.165, 1.54) is 6.20 Å². The van der Waals surface area contributed by atoms with Gasteiger partial charge in [0.1, 0.15) is 17.2 Å². The number of pyridine rings is 1. The van der Waals surface area contributed by atoms with Crippen LogP contribution in [0.25, 0.3) is 0 Å². The van der Waals surface area contributed by atoms with Crippen LogP contribution in [0, 0.1) is 13.8 Å². The summed E-state index contributed by atoms with van der Waals surface area (Å²) < 4.78 is 5.78. The van der Waals surface area contributed by atoms with E-state index in [-0.39, 0.29) is 5.91 Å². The first-order valence-electron chi connectivity index (χ1n) is 6.24. The first-order valence-corrected chi connectivity index (χ1v) is 6.24. The average Bonchev–Trinajstić information content (AvgIpc) is 2.44. The third kappa shape index (κ3) is 2.88. The third-order valence-electron chi connectivity index (χ3n) is 2.98. The Hall–Kier alpha value is -2.56. The van der Waals surface area contributed by atoms with E-state index in [0.29, 0.717) is 22.9 Å². The van der Waals surface area contributed by atoms with E-state index in [2.05, 4.69) is 10.3 Å². The molecule has 1 aromatic heterocycles. The molecule has 0 radical (unpaired) electrons. The molecule has 0 saturated heterocycles. The van der Waals surface area contributed by atoms with E-state index < -0.39 is 0 Å². The van der Waals surface area contributed by atoms with E-state index in [4.69, 9.17) is 10.5 Å². The number of ether oxygens (including phenoxy) is 1. The molecule has 0 unspecified atom stereocenters. The summed E-state index contributed by atoms with van der Waals surface area (Å²) in [6, 6.07) is 7.03. The van der Waals surface area contributed by atoms with Crippen LogP contribution in [0.4, 0.5) is 5.69 Å². The zero-order chi connectivity index (χ0) is 14.7. The molecule has 3 N–H and O–H groups in total. The number of aryl methyl sites for hydroxylation is 2. The van der Waals surface area contributed by atoms with Gasteiger partial charge in [-0.05, 0) is 31.0 Å². The number of nitrogens with one attached hydrogen (secondary N) is 1. The standard InChI is InChI=1S/C15H17N3O2/c1-9-6-10(2)14(8-12(9)16)20-11-4-5-18-13(7-11)15(19)17-3/h4-8H,16H2,1-3H3,(H,17,19). The SMILES string of the molecule is CNC(=O)c1cc(Oc2cc(N)c(C)cc2C)ccn1. The van der Waals surface area contributed by atoms with Crippen LogP contribution < -0.4 is 15.8 Å². The maximum atomic E-state index is 11.5. The summed E-state index contributed by atoms with van der Waals surface area (Å²) in [5, 5.41) is 2.52. The van der Waals surface area contributed by atoms with Gasteiger partial charge in [0.05, 0.1) is 0 Å². The van der Waals surface area contributed by atoms with Crippen LogP contribution in [-0.2, 0) is 0 Å². The number of rotatable bonds is 3. The van der Waals surface area contributed by atoms with Crippen molar-refractivity contribution in [2.75, 3.05) is 12.8 Å². The van der Waals surface area contributed by atoms with Crippen molar-refractivity contribution in [3.8, 4) is 11.5 Å². The second-order valence-electron chi connectivity index (χ2n) is 4.53. The van der Waals surface area contributed by atoms with E-state index in [0.717, 1.165) is 11.1 Å². The van der Waals surface area contributed by atoms with Crippen LogP contribution in [0.1, 0.15) is 21.6 Å². The highest BCUT2D eigenvalue weighted by Crippen LogP contribution is 2.29. The second-order valence-corrected chi connectivity index (χ2v) is 4.53. The molecule has 5 heteroatoms. The Labute approximate surface area is 117 Å². The van der Waals surface area contributed by atoms with Crippen LogP contribution in [0.3, 0.4) is 0 Å². The minimum Gasteiger partial charge on any atom is -0.457 e. The molecule has 1 aromatic carbocycles. The largest absolute Gasteiger partial charge is 0.457 e. The average molecular weight is 271 g/mol. The summed E-state index contributed by atoms with van der Waals surface area (Å²) in [6.07, 6.45) is 1.53. The molecular formula is C15H17N3O2. The Morgan fingerprint density at radius 2 is 2.00 bits per heavy atom. The Bertz CT molecular complexity index is 654. The van der Waals surface area contributed by atoms with Crippen molar-refractivity contribution in [3.05, 3.63) is 47.3 Å². The first kappa shape index (κ1) is 13.9. The van der Waals surface area contributed by atoms with Crippen molar-refractivity contribution in [2.45, 2.75) is 13.8 Å². The lowest BCUT2D eigenvalue weighted by atomic mass is 10.1. The van der Waals surface area contributed by atoms with Gasteiger partial charge in [0.25, 0.3) is 5.91 Å². The van der Waals surface area contributed by atoms with E-state index in [1.807, 2.05) is 19.9 Å². The summed E-state index contributed by atoms with van der Waals surface area (Å²) in [6.45, 7) is 3.89. The van der Waals surface area contributed by atoms with Gasteiger partial charge < -0.3 is 15.8 Å². The zero-order valence-electron chi connectivity index (χ0n) is 11.7. The minimum absolute atomic E-state index is 0.254. The van der Waals surface area contributed by atoms with Gasteiger partial charge in [-0.3, -0.25) is 9.78 Å². The lowest BCUT2D eigenvalue weighted by Gasteiger charge is -2.11. The molecule has 20 heavy (non-hydrogen) atoms. The molecule has 104 valence electrons. The molecule has 0 fully saturated rings. The van der Waals surface area contributed by atoms with E-state index in [9.17, 15) is 4.79 Å².